The van der Waals surface area contributed by atoms with Crippen LogP contribution in [-0.4, -0.2) is 12.5 Å². The number of fused-ring (bicyclic) bond motifs is 1. The second kappa shape index (κ2) is 4.80. The lowest BCUT2D eigenvalue weighted by molar-refractivity contribution is 0.0990. The predicted octanol–water partition coefficient (Wildman–Crippen LogP) is 3.26. The zero-order valence-electron chi connectivity index (χ0n) is 10.6. The first kappa shape index (κ1) is 12.9. The third-order valence-corrected chi connectivity index (χ3v) is 3.80. The summed E-state index contributed by atoms with van der Waals surface area (Å²) in [4.78, 5) is 14.1. The van der Waals surface area contributed by atoms with E-state index in [0.717, 1.165) is 5.56 Å². The molecule has 0 saturated carbocycles. The van der Waals surface area contributed by atoms with Crippen LogP contribution in [0.5, 0.6) is 0 Å². The molecule has 2 aromatic rings. The van der Waals surface area contributed by atoms with Crippen LogP contribution in [0.2, 0.25) is 5.02 Å². The van der Waals surface area contributed by atoms with Gasteiger partial charge in [0.25, 0.3) is 5.91 Å². The summed E-state index contributed by atoms with van der Waals surface area (Å²) < 4.78 is 13.4. The first-order valence-corrected chi connectivity index (χ1v) is 6.60. The highest BCUT2D eigenvalue weighted by Gasteiger charge is 2.27. The lowest BCUT2D eigenvalue weighted by Crippen LogP contribution is -2.29. The normalized spacial score (nSPS) is 13.4. The molecule has 2 aromatic carbocycles. The number of nitrogens with zero attached hydrogens (tertiary/aromatic N) is 1. The largest absolute Gasteiger partial charge is 0.397 e. The second-order valence-electron chi connectivity index (χ2n) is 4.68. The van der Waals surface area contributed by atoms with E-state index in [-0.39, 0.29) is 17.4 Å². The number of benzene rings is 2. The third kappa shape index (κ3) is 2.02. The summed E-state index contributed by atoms with van der Waals surface area (Å²) in [6, 6.07) is 9.42. The highest BCUT2D eigenvalue weighted by Crippen LogP contribution is 2.32. The number of carbonyl (C=O) groups is 1. The van der Waals surface area contributed by atoms with Crippen LogP contribution in [0.3, 0.4) is 0 Å². The number of hydrogen-bond acceptors (Lipinski definition) is 2. The van der Waals surface area contributed by atoms with Gasteiger partial charge in [-0.2, -0.15) is 0 Å². The molecule has 20 heavy (non-hydrogen) atoms. The van der Waals surface area contributed by atoms with Crippen LogP contribution >= 0.6 is 11.6 Å². The number of nitrogens with two attached hydrogens (primary N) is 1. The molecule has 2 N–H and O–H groups in total. The van der Waals surface area contributed by atoms with Gasteiger partial charge in [0.05, 0.1) is 22.0 Å². The highest BCUT2D eigenvalue weighted by atomic mass is 35.5. The molecular formula is C15H12ClFN2O. The molecule has 1 amide bonds. The molecule has 0 spiro atoms. The second-order valence-corrected chi connectivity index (χ2v) is 5.09. The number of rotatable bonds is 1. The first-order chi connectivity index (χ1) is 9.58. The SMILES string of the molecule is Nc1c(Cl)cccc1C(=O)N1CCc2ccc(F)cc21. The molecule has 0 fully saturated rings. The van der Waals surface area contributed by atoms with Crippen LogP contribution in [-0.2, 0) is 6.42 Å². The standard InChI is InChI=1S/C15H12ClFN2O/c16-12-3-1-2-11(14(12)18)15(20)19-7-6-9-4-5-10(17)8-13(9)19/h1-5,8H,6-7,18H2. The van der Waals surface area contributed by atoms with Crippen molar-refractivity contribution in [2.24, 2.45) is 0 Å². The zero-order chi connectivity index (χ0) is 14.3. The minimum atomic E-state index is -0.359. The van der Waals surface area contributed by atoms with E-state index in [4.69, 9.17) is 17.3 Å². The Bertz CT molecular complexity index is 702. The molecule has 3 nitrogen and oxygen atoms in total. The fourth-order valence-corrected chi connectivity index (χ4v) is 2.61. The topological polar surface area (TPSA) is 46.3 Å². The predicted molar refractivity (Wildman–Crippen MR) is 77.6 cm³/mol. The Kier molecular flexibility index (Phi) is 3.10. The summed E-state index contributed by atoms with van der Waals surface area (Å²) in [5.41, 5.74) is 8.01. The van der Waals surface area contributed by atoms with Crippen LogP contribution in [0.25, 0.3) is 0 Å². The van der Waals surface area contributed by atoms with Gasteiger partial charge in [-0.15, -0.1) is 0 Å². The maximum atomic E-state index is 13.4. The quantitative estimate of drug-likeness (QED) is 0.819. The third-order valence-electron chi connectivity index (χ3n) is 3.47. The Morgan fingerprint density at radius 1 is 1.30 bits per heavy atom. The van der Waals surface area contributed by atoms with Crippen LogP contribution in [0.15, 0.2) is 36.4 Å². The van der Waals surface area contributed by atoms with Crippen molar-refractivity contribution in [2.75, 3.05) is 17.2 Å². The minimum absolute atomic E-state index is 0.254. The molecule has 1 aliphatic rings. The van der Waals surface area contributed by atoms with Gasteiger partial charge < -0.3 is 10.6 Å². The van der Waals surface area contributed by atoms with E-state index in [1.165, 1.54) is 12.1 Å². The average molecular weight is 291 g/mol. The summed E-state index contributed by atoms with van der Waals surface area (Å²) in [6.07, 6.45) is 0.710. The van der Waals surface area contributed by atoms with E-state index in [9.17, 15) is 9.18 Å². The number of nitrogen functional groups attached to an aromatic ring is 1. The Labute approximate surface area is 120 Å². The van der Waals surface area contributed by atoms with E-state index in [1.807, 2.05) is 0 Å². The summed E-state index contributed by atoms with van der Waals surface area (Å²) >= 11 is 5.93. The molecular weight excluding hydrogens is 279 g/mol. The van der Waals surface area contributed by atoms with E-state index >= 15 is 0 Å². The summed E-state index contributed by atoms with van der Waals surface area (Å²) in [7, 11) is 0. The van der Waals surface area contributed by atoms with E-state index < -0.39 is 0 Å². The zero-order valence-corrected chi connectivity index (χ0v) is 11.3. The van der Waals surface area contributed by atoms with Gasteiger partial charge in [-0.05, 0) is 36.2 Å². The lowest BCUT2D eigenvalue weighted by Gasteiger charge is -2.18. The van der Waals surface area contributed by atoms with Gasteiger partial charge in [-0.3, -0.25) is 4.79 Å². The van der Waals surface area contributed by atoms with Gasteiger partial charge in [0.2, 0.25) is 0 Å². The molecule has 0 radical (unpaired) electrons. The van der Waals surface area contributed by atoms with Gasteiger partial charge in [0.15, 0.2) is 0 Å². The number of anilines is 2. The van der Waals surface area contributed by atoms with E-state index in [0.29, 0.717) is 29.2 Å². The Morgan fingerprint density at radius 3 is 2.90 bits per heavy atom. The summed E-state index contributed by atoms with van der Waals surface area (Å²) in [6.45, 7) is 0.517. The fourth-order valence-electron chi connectivity index (χ4n) is 2.43. The number of halogens is 2. The Morgan fingerprint density at radius 2 is 2.10 bits per heavy atom. The Balaban J connectivity index is 2.02. The summed E-state index contributed by atoms with van der Waals surface area (Å²) in [5.74, 6) is -0.614. The van der Waals surface area contributed by atoms with Crippen LogP contribution < -0.4 is 10.6 Å². The molecule has 0 bridgehead atoms. The molecule has 0 aromatic heterocycles. The van der Waals surface area contributed by atoms with Crippen molar-refractivity contribution in [3.05, 3.63) is 58.4 Å². The maximum Gasteiger partial charge on any atom is 0.260 e. The highest BCUT2D eigenvalue weighted by molar-refractivity contribution is 6.34. The first-order valence-electron chi connectivity index (χ1n) is 6.22. The molecule has 0 saturated heterocycles. The average Bonchev–Trinajstić information content (AvgIpc) is 2.84. The molecule has 1 aliphatic heterocycles. The van der Waals surface area contributed by atoms with Crippen LogP contribution in [0, 0.1) is 5.82 Å². The van der Waals surface area contributed by atoms with Crippen molar-refractivity contribution in [2.45, 2.75) is 6.42 Å². The van der Waals surface area contributed by atoms with Crippen molar-refractivity contribution < 1.29 is 9.18 Å². The summed E-state index contributed by atoms with van der Waals surface area (Å²) in [5, 5.41) is 0.342. The smallest absolute Gasteiger partial charge is 0.260 e. The molecule has 0 unspecified atom stereocenters. The molecule has 5 heteroatoms. The number of amides is 1. The molecule has 0 aliphatic carbocycles. The Hall–Kier alpha value is -2.07. The number of hydrogen-bond donors (Lipinski definition) is 1. The van der Waals surface area contributed by atoms with Crippen molar-refractivity contribution >= 4 is 28.9 Å². The van der Waals surface area contributed by atoms with E-state index in [1.54, 1.807) is 29.2 Å². The molecule has 102 valence electrons. The van der Waals surface area contributed by atoms with Crippen molar-refractivity contribution in [3.63, 3.8) is 0 Å². The van der Waals surface area contributed by atoms with Gasteiger partial charge in [-0.25, -0.2) is 4.39 Å². The number of carbonyl (C=O) groups excluding carboxylic acids is 1. The maximum absolute atomic E-state index is 13.4. The van der Waals surface area contributed by atoms with Crippen molar-refractivity contribution in [1.29, 1.82) is 0 Å². The number of para-hydroxylation sites is 1. The fraction of sp³-hybridized carbons (Fsp3) is 0.133. The van der Waals surface area contributed by atoms with Crippen molar-refractivity contribution in [1.82, 2.24) is 0 Å². The monoisotopic (exact) mass is 290 g/mol. The molecule has 1 heterocycles. The molecule has 0 atom stereocenters. The molecule has 3 rings (SSSR count). The van der Waals surface area contributed by atoms with E-state index in [2.05, 4.69) is 0 Å². The minimum Gasteiger partial charge on any atom is -0.397 e. The van der Waals surface area contributed by atoms with Gasteiger partial charge >= 0.3 is 0 Å². The van der Waals surface area contributed by atoms with Gasteiger partial charge in [-0.1, -0.05) is 23.7 Å². The lowest BCUT2D eigenvalue weighted by atomic mass is 10.1. The van der Waals surface area contributed by atoms with Gasteiger partial charge in [0.1, 0.15) is 5.82 Å². The van der Waals surface area contributed by atoms with Crippen LogP contribution in [0.1, 0.15) is 15.9 Å². The van der Waals surface area contributed by atoms with Crippen molar-refractivity contribution in [3.8, 4) is 0 Å². The van der Waals surface area contributed by atoms with Gasteiger partial charge in [0, 0.05) is 6.54 Å². The van der Waals surface area contributed by atoms with Crippen LogP contribution in [0.4, 0.5) is 15.8 Å².